The largest absolute Gasteiger partial charge is 0.381 e. The first-order valence-corrected chi connectivity index (χ1v) is 6.45. The van der Waals surface area contributed by atoms with Gasteiger partial charge in [0.05, 0.1) is 6.61 Å². The van der Waals surface area contributed by atoms with Crippen LogP contribution in [0.4, 0.5) is 5.82 Å². The second-order valence-corrected chi connectivity index (χ2v) is 4.63. The maximum atomic E-state index is 5.71. The van der Waals surface area contributed by atoms with Gasteiger partial charge in [-0.05, 0) is 25.7 Å². The van der Waals surface area contributed by atoms with Crippen molar-refractivity contribution in [1.82, 2.24) is 9.97 Å². The van der Waals surface area contributed by atoms with Gasteiger partial charge in [-0.15, -0.1) is 0 Å². The Kier molecular flexibility index (Phi) is 4.90. The molecule has 0 radical (unpaired) electrons. The zero-order valence-electron chi connectivity index (χ0n) is 11.1. The molecular formula is C13H21N3O2. The van der Waals surface area contributed by atoms with Gasteiger partial charge in [0.15, 0.2) is 5.82 Å². The minimum absolute atomic E-state index is 0.480. The lowest BCUT2D eigenvalue weighted by Gasteiger charge is -2.21. The second-order valence-electron chi connectivity index (χ2n) is 4.63. The quantitative estimate of drug-likeness (QED) is 0.864. The molecule has 1 aliphatic rings. The summed E-state index contributed by atoms with van der Waals surface area (Å²) >= 11 is 0. The van der Waals surface area contributed by atoms with Crippen molar-refractivity contribution < 1.29 is 9.47 Å². The fourth-order valence-corrected chi connectivity index (χ4v) is 2.05. The van der Waals surface area contributed by atoms with Crippen LogP contribution in [-0.4, -0.2) is 36.8 Å². The van der Waals surface area contributed by atoms with E-state index in [1.807, 2.05) is 20.0 Å². The van der Waals surface area contributed by atoms with Gasteiger partial charge >= 0.3 is 0 Å². The molecule has 1 fully saturated rings. The van der Waals surface area contributed by atoms with Gasteiger partial charge in [-0.1, -0.05) is 0 Å². The van der Waals surface area contributed by atoms with Gasteiger partial charge in [-0.3, -0.25) is 0 Å². The van der Waals surface area contributed by atoms with Crippen LogP contribution in [0.1, 0.15) is 24.4 Å². The third-order valence-electron chi connectivity index (χ3n) is 3.08. The fourth-order valence-electron chi connectivity index (χ4n) is 2.05. The highest BCUT2D eigenvalue weighted by Crippen LogP contribution is 2.15. The van der Waals surface area contributed by atoms with Gasteiger partial charge < -0.3 is 14.8 Å². The van der Waals surface area contributed by atoms with E-state index in [1.54, 1.807) is 0 Å². The van der Waals surface area contributed by atoms with E-state index in [0.717, 1.165) is 50.0 Å². The van der Waals surface area contributed by atoms with E-state index in [4.69, 9.17) is 9.47 Å². The van der Waals surface area contributed by atoms with Gasteiger partial charge in [-0.2, -0.15) is 0 Å². The summed E-state index contributed by atoms with van der Waals surface area (Å²) in [5.74, 6) is 2.20. The molecule has 2 heterocycles. The molecule has 0 atom stereocenters. The van der Waals surface area contributed by atoms with Crippen molar-refractivity contribution in [2.45, 2.75) is 26.4 Å². The molecule has 1 aromatic rings. The van der Waals surface area contributed by atoms with E-state index in [9.17, 15) is 0 Å². The monoisotopic (exact) mass is 251 g/mol. The predicted octanol–water partition coefficient (Wildman–Crippen LogP) is 1.77. The Morgan fingerprint density at radius 2 is 2.17 bits per heavy atom. The second kappa shape index (κ2) is 6.66. The highest BCUT2D eigenvalue weighted by molar-refractivity contribution is 5.34. The summed E-state index contributed by atoms with van der Waals surface area (Å²) in [5, 5.41) is 3.02. The number of nitrogens with zero attached hydrogens (tertiary/aromatic N) is 2. The van der Waals surface area contributed by atoms with Gasteiger partial charge in [-0.25, -0.2) is 9.97 Å². The SMILES string of the molecule is CNc1cc(C)nc(COCC2CCOCC2)n1. The van der Waals surface area contributed by atoms with Crippen LogP contribution in [0.2, 0.25) is 0 Å². The number of hydrogen-bond acceptors (Lipinski definition) is 5. The molecule has 0 amide bonds. The third-order valence-corrected chi connectivity index (χ3v) is 3.08. The Morgan fingerprint density at radius 1 is 1.39 bits per heavy atom. The van der Waals surface area contributed by atoms with Gasteiger partial charge in [0.1, 0.15) is 12.4 Å². The molecule has 5 heteroatoms. The predicted molar refractivity (Wildman–Crippen MR) is 69.5 cm³/mol. The summed E-state index contributed by atoms with van der Waals surface area (Å²) in [6.45, 7) is 4.94. The third kappa shape index (κ3) is 3.92. The first-order valence-electron chi connectivity index (χ1n) is 6.45. The topological polar surface area (TPSA) is 56.3 Å². The van der Waals surface area contributed by atoms with Crippen LogP contribution in [0.5, 0.6) is 0 Å². The molecule has 1 aliphatic heterocycles. The summed E-state index contributed by atoms with van der Waals surface area (Å²) in [7, 11) is 1.86. The Bertz CT molecular complexity index is 378. The van der Waals surface area contributed by atoms with Gasteiger partial charge in [0.25, 0.3) is 0 Å². The Labute approximate surface area is 108 Å². The van der Waals surface area contributed by atoms with E-state index in [0.29, 0.717) is 12.5 Å². The smallest absolute Gasteiger partial charge is 0.156 e. The maximum Gasteiger partial charge on any atom is 0.156 e. The molecular weight excluding hydrogens is 230 g/mol. The number of anilines is 1. The molecule has 100 valence electrons. The lowest BCUT2D eigenvalue weighted by Crippen LogP contribution is -2.20. The van der Waals surface area contributed by atoms with Crippen LogP contribution in [0.3, 0.4) is 0 Å². The molecule has 0 aromatic carbocycles. The van der Waals surface area contributed by atoms with Crippen molar-refractivity contribution in [3.63, 3.8) is 0 Å². The highest BCUT2D eigenvalue weighted by atomic mass is 16.5. The van der Waals surface area contributed by atoms with Crippen LogP contribution in [-0.2, 0) is 16.1 Å². The van der Waals surface area contributed by atoms with Crippen LogP contribution >= 0.6 is 0 Å². The lowest BCUT2D eigenvalue weighted by molar-refractivity contribution is 0.0142. The summed E-state index contributed by atoms with van der Waals surface area (Å²) in [6.07, 6.45) is 2.19. The van der Waals surface area contributed by atoms with E-state index < -0.39 is 0 Å². The van der Waals surface area contributed by atoms with Crippen LogP contribution in [0.15, 0.2) is 6.07 Å². The van der Waals surface area contributed by atoms with Crippen molar-refractivity contribution in [3.05, 3.63) is 17.6 Å². The molecule has 1 saturated heterocycles. The number of hydrogen-bond donors (Lipinski definition) is 1. The number of aryl methyl sites for hydroxylation is 1. The van der Waals surface area contributed by atoms with E-state index in [-0.39, 0.29) is 0 Å². The Hall–Kier alpha value is -1.20. The molecule has 1 N–H and O–H groups in total. The number of nitrogens with one attached hydrogen (secondary N) is 1. The molecule has 1 aromatic heterocycles. The lowest BCUT2D eigenvalue weighted by atomic mass is 10.0. The van der Waals surface area contributed by atoms with Gasteiger partial charge in [0, 0.05) is 32.0 Å². The number of ether oxygens (including phenoxy) is 2. The fraction of sp³-hybridized carbons (Fsp3) is 0.692. The van der Waals surface area contributed by atoms with Crippen LogP contribution in [0, 0.1) is 12.8 Å². The molecule has 5 nitrogen and oxygen atoms in total. The van der Waals surface area contributed by atoms with Crippen LogP contribution in [0.25, 0.3) is 0 Å². The van der Waals surface area contributed by atoms with Crippen molar-refractivity contribution in [2.75, 3.05) is 32.2 Å². The van der Waals surface area contributed by atoms with Gasteiger partial charge in [0.2, 0.25) is 0 Å². The molecule has 0 spiro atoms. The molecule has 2 rings (SSSR count). The summed E-state index contributed by atoms with van der Waals surface area (Å²) in [4.78, 5) is 8.73. The number of aromatic nitrogens is 2. The van der Waals surface area contributed by atoms with Crippen molar-refractivity contribution in [3.8, 4) is 0 Å². The first-order chi connectivity index (χ1) is 8.78. The molecule has 0 unspecified atom stereocenters. The molecule has 0 bridgehead atoms. The minimum atomic E-state index is 0.480. The van der Waals surface area contributed by atoms with Crippen molar-refractivity contribution >= 4 is 5.82 Å². The van der Waals surface area contributed by atoms with E-state index >= 15 is 0 Å². The highest BCUT2D eigenvalue weighted by Gasteiger charge is 2.14. The molecule has 0 aliphatic carbocycles. The average molecular weight is 251 g/mol. The molecule has 18 heavy (non-hydrogen) atoms. The standard InChI is InChI=1S/C13H21N3O2/c1-10-7-12(14-2)16-13(15-10)9-18-8-11-3-5-17-6-4-11/h7,11H,3-6,8-9H2,1-2H3,(H,14,15,16). The zero-order chi connectivity index (χ0) is 12.8. The Balaban J connectivity index is 1.80. The Morgan fingerprint density at radius 3 is 2.89 bits per heavy atom. The van der Waals surface area contributed by atoms with E-state index in [2.05, 4.69) is 15.3 Å². The minimum Gasteiger partial charge on any atom is -0.381 e. The average Bonchev–Trinajstić information content (AvgIpc) is 2.39. The van der Waals surface area contributed by atoms with Crippen molar-refractivity contribution in [1.29, 1.82) is 0 Å². The zero-order valence-corrected chi connectivity index (χ0v) is 11.1. The maximum absolute atomic E-state index is 5.71. The van der Waals surface area contributed by atoms with Crippen molar-refractivity contribution in [2.24, 2.45) is 5.92 Å². The summed E-state index contributed by atoms with van der Waals surface area (Å²) < 4.78 is 11.0. The van der Waals surface area contributed by atoms with E-state index in [1.165, 1.54) is 0 Å². The van der Waals surface area contributed by atoms with Crippen LogP contribution < -0.4 is 5.32 Å². The summed E-state index contributed by atoms with van der Waals surface area (Å²) in [5.41, 5.74) is 0.957. The normalized spacial score (nSPS) is 16.8. The summed E-state index contributed by atoms with van der Waals surface area (Å²) in [6, 6.07) is 1.92. The molecule has 0 saturated carbocycles. The first kappa shape index (κ1) is 13.2. The number of rotatable bonds is 5.